The minimum absolute atomic E-state index is 0. The molecule has 0 spiro atoms. The van der Waals surface area contributed by atoms with Crippen molar-refractivity contribution in [2.45, 2.75) is 32.8 Å². The highest BCUT2D eigenvalue weighted by Crippen LogP contribution is 2.23. The highest BCUT2D eigenvalue weighted by atomic mass is 127. The van der Waals surface area contributed by atoms with Gasteiger partial charge in [-0.2, -0.15) is 0 Å². The number of methoxy groups -OCH3 is 1. The van der Waals surface area contributed by atoms with Gasteiger partial charge in [0.1, 0.15) is 22.9 Å². The summed E-state index contributed by atoms with van der Waals surface area (Å²) in [6.45, 7) is 7.23. The molecule has 0 aliphatic heterocycles. The number of hydrogen-bond acceptors (Lipinski definition) is 4. The van der Waals surface area contributed by atoms with E-state index < -0.39 is 5.60 Å². The van der Waals surface area contributed by atoms with Crippen molar-refractivity contribution in [3.63, 3.8) is 0 Å². The van der Waals surface area contributed by atoms with Crippen LogP contribution in [0.3, 0.4) is 0 Å². The van der Waals surface area contributed by atoms with Crippen molar-refractivity contribution in [2.75, 3.05) is 26.7 Å². The minimum Gasteiger partial charge on any atom is -0.497 e. The van der Waals surface area contributed by atoms with Crippen LogP contribution in [0.2, 0.25) is 0 Å². The van der Waals surface area contributed by atoms with E-state index in [0.717, 1.165) is 31.0 Å². The molecule has 1 unspecified atom stereocenters. The van der Waals surface area contributed by atoms with Crippen molar-refractivity contribution in [3.05, 3.63) is 53.5 Å². The molecule has 1 aromatic heterocycles. The van der Waals surface area contributed by atoms with Crippen LogP contribution in [0.1, 0.15) is 30.9 Å². The fourth-order valence-corrected chi connectivity index (χ4v) is 2.53. The first-order chi connectivity index (χ1) is 12.4. The molecule has 27 heavy (non-hydrogen) atoms. The molecule has 2 aromatic rings. The summed E-state index contributed by atoms with van der Waals surface area (Å²) < 4.78 is 10.8. The molecule has 1 atom stereocenters. The Morgan fingerprint density at radius 2 is 2.04 bits per heavy atom. The van der Waals surface area contributed by atoms with Crippen LogP contribution in [0.15, 0.2) is 45.8 Å². The molecule has 2 rings (SSSR count). The zero-order valence-electron chi connectivity index (χ0n) is 16.4. The predicted octanol–water partition coefficient (Wildman–Crippen LogP) is 3.22. The second kappa shape index (κ2) is 11.2. The summed E-state index contributed by atoms with van der Waals surface area (Å²) in [5.41, 5.74) is 0.0365. The minimum atomic E-state index is -1.15. The zero-order valence-corrected chi connectivity index (χ0v) is 18.7. The number of furan rings is 1. The van der Waals surface area contributed by atoms with Crippen molar-refractivity contribution in [1.29, 1.82) is 0 Å². The third kappa shape index (κ3) is 7.42. The second-order valence-electron chi connectivity index (χ2n) is 6.41. The van der Waals surface area contributed by atoms with Gasteiger partial charge in [-0.05, 0) is 57.0 Å². The van der Waals surface area contributed by atoms with E-state index >= 15 is 0 Å². The number of nitrogens with zero attached hydrogens (tertiary/aromatic N) is 1. The predicted molar refractivity (Wildman–Crippen MR) is 119 cm³/mol. The zero-order chi connectivity index (χ0) is 19.0. The van der Waals surface area contributed by atoms with Gasteiger partial charge in [-0.25, -0.2) is 4.99 Å². The Morgan fingerprint density at radius 3 is 2.67 bits per heavy atom. The lowest BCUT2D eigenvalue weighted by molar-refractivity contribution is 0.0428. The molecule has 0 amide bonds. The largest absolute Gasteiger partial charge is 0.497 e. The van der Waals surface area contributed by atoms with Crippen molar-refractivity contribution in [2.24, 2.45) is 4.99 Å². The first kappa shape index (κ1) is 23.3. The van der Waals surface area contributed by atoms with Gasteiger partial charge in [-0.15, -0.1) is 24.0 Å². The maximum atomic E-state index is 10.6. The Balaban J connectivity index is 0.00000364. The molecule has 0 radical (unpaired) electrons. The van der Waals surface area contributed by atoms with Crippen LogP contribution in [-0.4, -0.2) is 37.8 Å². The van der Waals surface area contributed by atoms with E-state index in [9.17, 15) is 5.11 Å². The molecule has 1 aromatic carbocycles. The maximum absolute atomic E-state index is 10.6. The molecule has 7 heteroatoms. The lowest BCUT2D eigenvalue weighted by atomic mass is 10.0. The second-order valence-corrected chi connectivity index (χ2v) is 6.41. The number of hydrogen-bond donors (Lipinski definition) is 3. The summed E-state index contributed by atoms with van der Waals surface area (Å²) in [4.78, 5) is 4.50. The number of guanidine groups is 1. The molecule has 0 aliphatic rings. The van der Waals surface area contributed by atoms with Gasteiger partial charge >= 0.3 is 0 Å². The SMILES string of the molecule is CCNC(=NCC(C)(O)c1ccc(C)o1)NCCc1cccc(OC)c1.I. The van der Waals surface area contributed by atoms with Crippen molar-refractivity contribution in [3.8, 4) is 5.75 Å². The van der Waals surface area contributed by atoms with Crippen LogP contribution in [0.5, 0.6) is 5.75 Å². The summed E-state index contributed by atoms with van der Waals surface area (Å²) in [7, 11) is 1.67. The normalized spacial score (nSPS) is 13.4. The average Bonchev–Trinajstić information content (AvgIpc) is 3.07. The quantitative estimate of drug-likeness (QED) is 0.303. The van der Waals surface area contributed by atoms with Gasteiger partial charge in [-0.3, -0.25) is 0 Å². The highest BCUT2D eigenvalue weighted by molar-refractivity contribution is 14.0. The first-order valence-corrected chi connectivity index (χ1v) is 8.89. The lowest BCUT2D eigenvalue weighted by Gasteiger charge is -2.19. The Bertz CT molecular complexity index is 729. The molecule has 0 aliphatic carbocycles. The van der Waals surface area contributed by atoms with Crippen molar-refractivity contribution < 1.29 is 14.3 Å². The molecular formula is C20H30IN3O3. The van der Waals surface area contributed by atoms with Gasteiger partial charge in [0.05, 0.1) is 13.7 Å². The standard InChI is InChI=1S/C20H29N3O3.HI/c1-5-21-19(22-12-11-16-7-6-8-17(13-16)25-4)23-14-20(3,24)18-10-9-15(2)26-18;/h6-10,13,24H,5,11-12,14H2,1-4H3,(H2,21,22,23);1H. The number of aliphatic hydroxyl groups is 1. The van der Waals surface area contributed by atoms with Crippen LogP contribution in [0.25, 0.3) is 0 Å². The fraction of sp³-hybridized carbons (Fsp3) is 0.450. The van der Waals surface area contributed by atoms with E-state index in [2.05, 4.69) is 21.7 Å². The Morgan fingerprint density at radius 1 is 1.26 bits per heavy atom. The summed E-state index contributed by atoms with van der Waals surface area (Å²) in [5, 5.41) is 17.1. The average molecular weight is 487 g/mol. The van der Waals surface area contributed by atoms with Gasteiger partial charge < -0.3 is 24.9 Å². The summed E-state index contributed by atoms with van der Waals surface area (Å²) in [6, 6.07) is 11.6. The smallest absolute Gasteiger partial charge is 0.191 e. The van der Waals surface area contributed by atoms with Crippen LogP contribution in [0.4, 0.5) is 0 Å². The Labute approximate surface area is 178 Å². The number of halogens is 1. The van der Waals surface area contributed by atoms with Gasteiger partial charge in [-0.1, -0.05) is 12.1 Å². The van der Waals surface area contributed by atoms with E-state index in [4.69, 9.17) is 9.15 Å². The topological polar surface area (TPSA) is 79.0 Å². The monoisotopic (exact) mass is 487 g/mol. The van der Waals surface area contributed by atoms with Crippen LogP contribution in [0, 0.1) is 6.92 Å². The molecule has 0 bridgehead atoms. The van der Waals surface area contributed by atoms with E-state index in [1.54, 1.807) is 20.1 Å². The Hall–Kier alpha value is -1.74. The van der Waals surface area contributed by atoms with E-state index in [0.29, 0.717) is 11.7 Å². The van der Waals surface area contributed by atoms with Crippen LogP contribution in [-0.2, 0) is 12.0 Å². The number of nitrogens with one attached hydrogen (secondary N) is 2. The molecule has 3 N–H and O–H groups in total. The van der Waals surface area contributed by atoms with Gasteiger partial charge in [0, 0.05) is 13.1 Å². The maximum Gasteiger partial charge on any atom is 0.191 e. The number of aliphatic imine (C=N–C) groups is 1. The molecule has 0 fully saturated rings. The lowest BCUT2D eigenvalue weighted by Crippen LogP contribution is -2.39. The number of rotatable bonds is 8. The third-order valence-corrected chi connectivity index (χ3v) is 4.00. The van der Waals surface area contributed by atoms with E-state index in [-0.39, 0.29) is 30.5 Å². The molecule has 6 nitrogen and oxygen atoms in total. The Kier molecular flexibility index (Phi) is 9.65. The van der Waals surface area contributed by atoms with Gasteiger partial charge in [0.2, 0.25) is 0 Å². The molecular weight excluding hydrogens is 457 g/mol. The van der Waals surface area contributed by atoms with Crippen molar-refractivity contribution in [1.82, 2.24) is 10.6 Å². The van der Waals surface area contributed by atoms with Crippen LogP contribution >= 0.6 is 24.0 Å². The van der Waals surface area contributed by atoms with E-state index in [1.807, 2.05) is 38.1 Å². The van der Waals surface area contributed by atoms with E-state index in [1.165, 1.54) is 5.56 Å². The fourth-order valence-electron chi connectivity index (χ4n) is 2.53. The van der Waals surface area contributed by atoms with Crippen molar-refractivity contribution >= 4 is 29.9 Å². The van der Waals surface area contributed by atoms with Gasteiger partial charge in [0.15, 0.2) is 5.96 Å². The highest BCUT2D eigenvalue weighted by Gasteiger charge is 2.26. The summed E-state index contributed by atoms with van der Waals surface area (Å²) >= 11 is 0. The molecule has 0 saturated heterocycles. The van der Waals surface area contributed by atoms with Gasteiger partial charge in [0.25, 0.3) is 0 Å². The molecule has 150 valence electrons. The number of aryl methyl sites for hydroxylation is 1. The van der Waals surface area contributed by atoms with Crippen LogP contribution < -0.4 is 15.4 Å². The third-order valence-electron chi connectivity index (χ3n) is 4.00. The molecule has 0 saturated carbocycles. The summed E-state index contributed by atoms with van der Waals surface area (Å²) in [5.74, 6) is 2.81. The summed E-state index contributed by atoms with van der Waals surface area (Å²) in [6.07, 6.45) is 0.843. The molecule has 1 heterocycles. The number of benzene rings is 1. The number of ether oxygens (including phenoxy) is 1. The first-order valence-electron chi connectivity index (χ1n) is 8.89.